The molecule has 3 atom stereocenters. The Kier molecular flexibility index (Phi) is 7.41. The Morgan fingerprint density at radius 3 is 1.90 bits per heavy atom. The summed E-state index contributed by atoms with van der Waals surface area (Å²) in [6, 6.07) is 2.87. The molecule has 0 aromatic carbocycles. The lowest BCUT2D eigenvalue weighted by molar-refractivity contribution is 0.163. The summed E-state index contributed by atoms with van der Waals surface area (Å²) in [7, 11) is 0. The van der Waals surface area contributed by atoms with Gasteiger partial charge in [0.05, 0.1) is 0 Å². The Labute approximate surface area is 127 Å². The van der Waals surface area contributed by atoms with Gasteiger partial charge in [-0.3, -0.25) is 4.90 Å². The monoisotopic (exact) mass is 279 g/mol. The Hall–Kier alpha value is -0.0400. The summed E-state index contributed by atoms with van der Waals surface area (Å²) >= 11 is 0. The Bertz CT molecular complexity index is 248. The number of nitrogens with zero attached hydrogens (tertiary/aromatic N) is 1. The standard InChI is InChI=1S/C19H37N/c1-3-5-6-7-8-9-10-12-18-14-16-19-15-13-17(11-4-2)20(18)19/h17-19H,3-16H2,1-2H3/t17-,18+,19+/m1/s1. The molecule has 0 radical (unpaired) electrons. The van der Waals surface area contributed by atoms with Crippen molar-refractivity contribution in [1.29, 1.82) is 0 Å². The van der Waals surface area contributed by atoms with Crippen LogP contribution in [0.3, 0.4) is 0 Å². The molecule has 0 bridgehead atoms. The number of hydrogen-bond donors (Lipinski definition) is 0. The molecule has 118 valence electrons. The summed E-state index contributed by atoms with van der Waals surface area (Å²) in [5, 5.41) is 0. The maximum absolute atomic E-state index is 2.96. The molecule has 0 aromatic rings. The van der Waals surface area contributed by atoms with Gasteiger partial charge < -0.3 is 0 Å². The number of rotatable bonds is 10. The first-order chi connectivity index (χ1) is 9.86. The summed E-state index contributed by atoms with van der Waals surface area (Å²) in [4.78, 5) is 2.96. The minimum absolute atomic E-state index is 0.946. The number of hydrogen-bond acceptors (Lipinski definition) is 1. The van der Waals surface area contributed by atoms with Gasteiger partial charge in [0.25, 0.3) is 0 Å². The molecule has 0 aliphatic carbocycles. The first-order valence-electron chi connectivity index (χ1n) is 9.64. The molecule has 2 aliphatic rings. The average molecular weight is 280 g/mol. The molecule has 0 saturated carbocycles. The predicted molar refractivity (Wildman–Crippen MR) is 89.2 cm³/mol. The largest absolute Gasteiger partial charge is 0.294 e. The maximum Gasteiger partial charge on any atom is 0.0102 e. The van der Waals surface area contributed by atoms with Crippen LogP contribution in [0, 0.1) is 0 Å². The van der Waals surface area contributed by atoms with Crippen LogP contribution in [0.15, 0.2) is 0 Å². The normalized spacial score (nSPS) is 30.0. The van der Waals surface area contributed by atoms with Crippen molar-refractivity contribution in [1.82, 2.24) is 4.90 Å². The molecule has 0 N–H and O–H groups in total. The van der Waals surface area contributed by atoms with Gasteiger partial charge in [-0.2, -0.15) is 0 Å². The number of fused-ring (bicyclic) bond motifs is 1. The molecule has 2 heterocycles. The predicted octanol–water partition coefficient (Wildman–Crippen LogP) is 5.92. The van der Waals surface area contributed by atoms with E-state index in [1.807, 2.05) is 0 Å². The molecule has 2 aliphatic heterocycles. The first kappa shape index (κ1) is 16.3. The minimum Gasteiger partial charge on any atom is -0.294 e. The number of unbranched alkanes of at least 4 members (excludes halogenated alkanes) is 6. The third-order valence-electron chi connectivity index (χ3n) is 5.69. The lowest BCUT2D eigenvalue weighted by Crippen LogP contribution is -2.38. The molecule has 2 fully saturated rings. The van der Waals surface area contributed by atoms with Crippen LogP contribution in [0.1, 0.15) is 104 Å². The molecule has 20 heavy (non-hydrogen) atoms. The van der Waals surface area contributed by atoms with E-state index in [4.69, 9.17) is 0 Å². The highest BCUT2D eigenvalue weighted by Gasteiger charge is 2.41. The van der Waals surface area contributed by atoms with Crippen molar-refractivity contribution in [3.05, 3.63) is 0 Å². The maximum atomic E-state index is 2.96. The fourth-order valence-electron chi connectivity index (χ4n) is 4.66. The molecule has 0 spiro atoms. The summed E-state index contributed by atoms with van der Waals surface area (Å²) in [5.74, 6) is 0. The van der Waals surface area contributed by atoms with Gasteiger partial charge in [-0.15, -0.1) is 0 Å². The van der Waals surface area contributed by atoms with Gasteiger partial charge in [-0.25, -0.2) is 0 Å². The molecule has 0 aromatic heterocycles. The summed E-state index contributed by atoms with van der Waals surface area (Å²) in [5.41, 5.74) is 0. The summed E-state index contributed by atoms with van der Waals surface area (Å²) in [6.45, 7) is 4.66. The van der Waals surface area contributed by atoms with E-state index < -0.39 is 0 Å². The summed E-state index contributed by atoms with van der Waals surface area (Å²) in [6.07, 6.45) is 20.5. The van der Waals surface area contributed by atoms with Crippen LogP contribution in [0.2, 0.25) is 0 Å². The molecule has 0 unspecified atom stereocenters. The van der Waals surface area contributed by atoms with Crippen molar-refractivity contribution in [2.75, 3.05) is 0 Å². The van der Waals surface area contributed by atoms with Crippen molar-refractivity contribution in [3.63, 3.8) is 0 Å². The second-order valence-corrected chi connectivity index (χ2v) is 7.26. The molecule has 0 amide bonds. The third kappa shape index (κ3) is 4.48. The van der Waals surface area contributed by atoms with Crippen LogP contribution < -0.4 is 0 Å². The molecule has 1 heteroatoms. The van der Waals surface area contributed by atoms with Gasteiger partial charge in [0.1, 0.15) is 0 Å². The van der Waals surface area contributed by atoms with E-state index in [1.54, 1.807) is 0 Å². The van der Waals surface area contributed by atoms with E-state index in [2.05, 4.69) is 18.7 Å². The van der Waals surface area contributed by atoms with Crippen LogP contribution in [0.5, 0.6) is 0 Å². The van der Waals surface area contributed by atoms with Crippen LogP contribution in [-0.2, 0) is 0 Å². The second-order valence-electron chi connectivity index (χ2n) is 7.26. The van der Waals surface area contributed by atoms with Gasteiger partial charge in [-0.05, 0) is 38.5 Å². The van der Waals surface area contributed by atoms with E-state index in [0.29, 0.717) is 0 Å². The quantitative estimate of drug-likeness (QED) is 0.448. The summed E-state index contributed by atoms with van der Waals surface area (Å²) < 4.78 is 0. The SMILES string of the molecule is CCCCCCCCC[C@H]1CC[C@@H]2CC[C@@H](CCC)N21. The topological polar surface area (TPSA) is 3.24 Å². The van der Waals surface area contributed by atoms with E-state index in [1.165, 1.54) is 89.9 Å². The third-order valence-corrected chi connectivity index (χ3v) is 5.69. The Balaban J connectivity index is 1.60. The molecule has 1 nitrogen and oxygen atoms in total. The van der Waals surface area contributed by atoms with Crippen molar-refractivity contribution < 1.29 is 0 Å². The van der Waals surface area contributed by atoms with Crippen molar-refractivity contribution in [2.45, 2.75) is 122 Å². The van der Waals surface area contributed by atoms with Crippen molar-refractivity contribution in [2.24, 2.45) is 0 Å². The first-order valence-corrected chi connectivity index (χ1v) is 9.64. The van der Waals surface area contributed by atoms with Gasteiger partial charge in [0.15, 0.2) is 0 Å². The van der Waals surface area contributed by atoms with Crippen LogP contribution in [-0.4, -0.2) is 23.0 Å². The van der Waals surface area contributed by atoms with Gasteiger partial charge >= 0.3 is 0 Å². The molecule has 2 saturated heterocycles. The zero-order valence-electron chi connectivity index (χ0n) is 14.1. The fraction of sp³-hybridized carbons (Fsp3) is 1.00. The van der Waals surface area contributed by atoms with Crippen LogP contribution in [0.25, 0.3) is 0 Å². The molecular formula is C19H37N. The van der Waals surface area contributed by atoms with Gasteiger partial charge in [0, 0.05) is 18.1 Å². The zero-order valence-corrected chi connectivity index (χ0v) is 14.1. The Morgan fingerprint density at radius 1 is 0.650 bits per heavy atom. The molecule has 2 rings (SSSR count). The van der Waals surface area contributed by atoms with Crippen molar-refractivity contribution >= 4 is 0 Å². The molecular weight excluding hydrogens is 242 g/mol. The zero-order chi connectivity index (χ0) is 14.2. The fourth-order valence-corrected chi connectivity index (χ4v) is 4.66. The van der Waals surface area contributed by atoms with Crippen molar-refractivity contribution in [3.8, 4) is 0 Å². The Morgan fingerprint density at radius 2 is 1.25 bits per heavy atom. The van der Waals surface area contributed by atoms with Crippen LogP contribution in [0.4, 0.5) is 0 Å². The lowest BCUT2D eigenvalue weighted by atomic mass is 10.0. The average Bonchev–Trinajstić information content (AvgIpc) is 3.02. The van der Waals surface area contributed by atoms with E-state index in [-0.39, 0.29) is 0 Å². The van der Waals surface area contributed by atoms with Gasteiger partial charge in [0.2, 0.25) is 0 Å². The van der Waals surface area contributed by atoms with E-state index >= 15 is 0 Å². The van der Waals surface area contributed by atoms with E-state index in [0.717, 1.165) is 18.1 Å². The van der Waals surface area contributed by atoms with Crippen LogP contribution >= 0.6 is 0 Å². The van der Waals surface area contributed by atoms with E-state index in [9.17, 15) is 0 Å². The minimum atomic E-state index is 0.946. The highest BCUT2D eigenvalue weighted by Crippen LogP contribution is 2.39. The highest BCUT2D eigenvalue weighted by molar-refractivity contribution is 4.96. The lowest BCUT2D eigenvalue weighted by Gasteiger charge is -2.30. The second kappa shape index (κ2) is 9.07. The van der Waals surface area contributed by atoms with Gasteiger partial charge in [-0.1, -0.05) is 65.2 Å². The highest BCUT2D eigenvalue weighted by atomic mass is 15.3. The smallest absolute Gasteiger partial charge is 0.0102 e.